The van der Waals surface area contributed by atoms with Gasteiger partial charge in [0, 0.05) is 42.9 Å². The molecule has 0 atom stereocenters. The predicted molar refractivity (Wildman–Crippen MR) is 124 cm³/mol. The number of benzene rings is 3. The highest BCUT2D eigenvalue weighted by Crippen LogP contribution is 2.16. The molecule has 0 aliphatic heterocycles. The summed E-state index contributed by atoms with van der Waals surface area (Å²) in [5, 5.41) is 8.26. The second kappa shape index (κ2) is 10.7. The van der Waals surface area contributed by atoms with Gasteiger partial charge in [0.25, 0.3) is 11.8 Å². The average molecular weight is 445 g/mol. The Morgan fingerprint density at radius 1 is 0.727 bits per heavy atom. The molecule has 0 spiro atoms. The van der Waals surface area contributed by atoms with Crippen LogP contribution in [-0.4, -0.2) is 23.7 Å². The van der Waals surface area contributed by atoms with Crippen LogP contribution in [-0.2, 0) is 16.1 Å². The van der Waals surface area contributed by atoms with E-state index in [1.165, 1.54) is 19.9 Å². The Labute approximate surface area is 191 Å². The second-order valence-corrected chi connectivity index (χ2v) is 7.22. The van der Waals surface area contributed by atoms with Gasteiger partial charge >= 0.3 is 5.97 Å². The topological polar surface area (TPSA) is 114 Å². The fourth-order valence-electron chi connectivity index (χ4n) is 3.05. The van der Waals surface area contributed by atoms with E-state index in [9.17, 15) is 19.2 Å². The molecule has 3 aromatic carbocycles. The van der Waals surface area contributed by atoms with Crippen LogP contribution < -0.4 is 20.7 Å². The fraction of sp³-hybridized carbons (Fsp3) is 0.120. The lowest BCUT2D eigenvalue weighted by Crippen LogP contribution is -2.23. The molecule has 0 saturated carbocycles. The maximum atomic E-state index is 12.6. The van der Waals surface area contributed by atoms with Crippen molar-refractivity contribution in [3.05, 3.63) is 89.5 Å². The van der Waals surface area contributed by atoms with E-state index in [4.69, 9.17) is 4.74 Å². The molecule has 0 fully saturated rings. The Kier molecular flexibility index (Phi) is 7.54. The molecule has 3 aromatic rings. The normalized spacial score (nSPS) is 10.1. The SMILES string of the molecule is CC(=O)Nc1cccc(C(=O)Nc2cccc(CNC(=O)c3cccc(OC(C)=O)c3)c2)c1. The van der Waals surface area contributed by atoms with Crippen LogP contribution in [0.25, 0.3) is 0 Å². The van der Waals surface area contributed by atoms with Crippen molar-refractivity contribution in [1.82, 2.24) is 5.32 Å². The van der Waals surface area contributed by atoms with Gasteiger partial charge in [0.15, 0.2) is 0 Å². The van der Waals surface area contributed by atoms with Gasteiger partial charge in [-0.15, -0.1) is 0 Å². The van der Waals surface area contributed by atoms with Gasteiger partial charge in [-0.1, -0.05) is 24.3 Å². The Hall–Kier alpha value is -4.46. The Balaban J connectivity index is 1.62. The summed E-state index contributed by atoms with van der Waals surface area (Å²) in [4.78, 5) is 47.4. The number of carbonyl (C=O) groups excluding carboxylic acids is 4. The summed E-state index contributed by atoms with van der Waals surface area (Å²) in [5.41, 5.74) is 2.63. The predicted octanol–water partition coefficient (Wildman–Crippen LogP) is 3.75. The molecule has 0 aromatic heterocycles. The van der Waals surface area contributed by atoms with Crippen LogP contribution in [0.15, 0.2) is 72.8 Å². The highest BCUT2D eigenvalue weighted by molar-refractivity contribution is 6.05. The van der Waals surface area contributed by atoms with Gasteiger partial charge in [0.05, 0.1) is 0 Å². The first kappa shape index (κ1) is 23.2. The van der Waals surface area contributed by atoms with Gasteiger partial charge in [-0.3, -0.25) is 19.2 Å². The fourth-order valence-corrected chi connectivity index (χ4v) is 3.05. The third-order valence-electron chi connectivity index (χ3n) is 4.44. The van der Waals surface area contributed by atoms with Crippen molar-refractivity contribution < 1.29 is 23.9 Å². The minimum absolute atomic E-state index is 0.222. The number of rotatable bonds is 7. The van der Waals surface area contributed by atoms with Gasteiger partial charge in [-0.25, -0.2) is 0 Å². The van der Waals surface area contributed by atoms with Gasteiger partial charge in [-0.05, 0) is 54.1 Å². The van der Waals surface area contributed by atoms with E-state index in [0.29, 0.717) is 28.3 Å². The summed E-state index contributed by atoms with van der Waals surface area (Å²) in [6.07, 6.45) is 0. The Morgan fingerprint density at radius 2 is 1.36 bits per heavy atom. The van der Waals surface area contributed by atoms with E-state index in [-0.39, 0.29) is 24.3 Å². The Morgan fingerprint density at radius 3 is 2.06 bits per heavy atom. The standard InChI is InChI=1S/C25H23N3O5/c1-16(29)27-22-10-4-7-19(13-22)25(32)28-21-9-3-6-18(12-21)15-26-24(31)20-8-5-11-23(14-20)33-17(2)30/h3-14H,15H2,1-2H3,(H,26,31)(H,27,29)(H,28,32). The van der Waals surface area contributed by atoms with Crippen LogP contribution >= 0.6 is 0 Å². The van der Waals surface area contributed by atoms with Crippen molar-refractivity contribution in [3.8, 4) is 5.75 Å². The summed E-state index contributed by atoms with van der Waals surface area (Å²) >= 11 is 0. The first-order chi connectivity index (χ1) is 15.8. The van der Waals surface area contributed by atoms with E-state index >= 15 is 0 Å². The molecule has 3 N–H and O–H groups in total. The van der Waals surface area contributed by atoms with Gasteiger partial charge < -0.3 is 20.7 Å². The van der Waals surface area contributed by atoms with Crippen LogP contribution in [0.3, 0.4) is 0 Å². The number of hydrogen-bond acceptors (Lipinski definition) is 5. The quantitative estimate of drug-likeness (QED) is 0.379. The summed E-state index contributed by atoms with van der Waals surface area (Å²) in [6, 6.07) is 20.0. The van der Waals surface area contributed by atoms with E-state index in [1.54, 1.807) is 60.7 Å². The van der Waals surface area contributed by atoms with Crippen LogP contribution in [0.1, 0.15) is 40.1 Å². The molecule has 3 amide bonds. The van der Waals surface area contributed by atoms with Crippen LogP contribution in [0.4, 0.5) is 11.4 Å². The summed E-state index contributed by atoms with van der Waals surface area (Å²) in [5.74, 6) is -1.05. The van der Waals surface area contributed by atoms with E-state index in [0.717, 1.165) is 5.56 Å². The summed E-state index contributed by atoms with van der Waals surface area (Å²) in [6.45, 7) is 2.92. The molecule has 168 valence electrons. The van der Waals surface area contributed by atoms with Gasteiger partial charge in [0.1, 0.15) is 5.75 Å². The summed E-state index contributed by atoms with van der Waals surface area (Å²) < 4.78 is 5.00. The zero-order valence-corrected chi connectivity index (χ0v) is 18.2. The lowest BCUT2D eigenvalue weighted by atomic mass is 10.1. The van der Waals surface area contributed by atoms with Crippen molar-refractivity contribution in [3.63, 3.8) is 0 Å². The molecule has 8 nitrogen and oxygen atoms in total. The van der Waals surface area contributed by atoms with E-state index in [2.05, 4.69) is 16.0 Å². The largest absolute Gasteiger partial charge is 0.427 e. The third-order valence-corrected chi connectivity index (χ3v) is 4.44. The van der Waals surface area contributed by atoms with Crippen molar-refractivity contribution in [2.75, 3.05) is 10.6 Å². The highest BCUT2D eigenvalue weighted by Gasteiger charge is 2.10. The molecule has 0 aliphatic carbocycles. The van der Waals surface area contributed by atoms with E-state index < -0.39 is 5.97 Å². The van der Waals surface area contributed by atoms with Gasteiger partial charge in [-0.2, -0.15) is 0 Å². The third kappa shape index (κ3) is 7.03. The molecular weight excluding hydrogens is 422 g/mol. The van der Waals surface area contributed by atoms with Crippen LogP contribution in [0.2, 0.25) is 0 Å². The molecule has 0 bridgehead atoms. The second-order valence-electron chi connectivity index (χ2n) is 7.22. The molecule has 8 heteroatoms. The minimum atomic E-state index is -0.465. The summed E-state index contributed by atoms with van der Waals surface area (Å²) in [7, 11) is 0. The maximum absolute atomic E-state index is 12.6. The molecule has 0 radical (unpaired) electrons. The van der Waals surface area contributed by atoms with Crippen molar-refractivity contribution >= 4 is 35.1 Å². The van der Waals surface area contributed by atoms with Crippen molar-refractivity contribution in [2.24, 2.45) is 0 Å². The highest BCUT2D eigenvalue weighted by atomic mass is 16.5. The molecule has 0 unspecified atom stereocenters. The van der Waals surface area contributed by atoms with Crippen molar-refractivity contribution in [1.29, 1.82) is 0 Å². The first-order valence-corrected chi connectivity index (χ1v) is 10.1. The molecular formula is C25H23N3O5. The first-order valence-electron chi connectivity index (χ1n) is 10.1. The minimum Gasteiger partial charge on any atom is -0.427 e. The average Bonchev–Trinajstić information content (AvgIpc) is 2.77. The zero-order valence-electron chi connectivity index (χ0n) is 18.2. The number of nitrogens with one attached hydrogen (secondary N) is 3. The number of esters is 1. The zero-order chi connectivity index (χ0) is 23.8. The maximum Gasteiger partial charge on any atom is 0.308 e. The number of hydrogen-bond donors (Lipinski definition) is 3. The van der Waals surface area contributed by atoms with Crippen LogP contribution in [0, 0.1) is 0 Å². The van der Waals surface area contributed by atoms with Crippen molar-refractivity contribution in [2.45, 2.75) is 20.4 Å². The van der Waals surface area contributed by atoms with Gasteiger partial charge in [0.2, 0.25) is 5.91 Å². The number of carbonyl (C=O) groups is 4. The monoisotopic (exact) mass is 445 g/mol. The van der Waals surface area contributed by atoms with Crippen LogP contribution in [0.5, 0.6) is 5.75 Å². The number of anilines is 2. The molecule has 33 heavy (non-hydrogen) atoms. The molecule has 0 aliphatic rings. The lowest BCUT2D eigenvalue weighted by Gasteiger charge is -2.10. The van der Waals surface area contributed by atoms with E-state index in [1.807, 2.05) is 6.07 Å². The Bertz CT molecular complexity index is 1210. The number of amides is 3. The molecule has 0 saturated heterocycles. The number of ether oxygens (including phenoxy) is 1. The smallest absolute Gasteiger partial charge is 0.308 e. The lowest BCUT2D eigenvalue weighted by molar-refractivity contribution is -0.131. The molecule has 3 rings (SSSR count). The molecule has 0 heterocycles.